The average Bonchev–Trinajstić information content (AvgIpc) is 3.48. The minimum absolute atomic E-state index is 0.146. The second-order valence-electron chi connectivity index (χ2n) is 7.96. The fourth-order valence-corrected chi connectivity index (χ4v) is 5.81. The van der Waals surface area contributed by atoms with Crippen molar-refractivity contribution in [1.29, 1.82) is 5.26 Å². The van der Waals surface area contributed by atoms with Gasteiger partial charge in [-0.05, 0) is 62.8 Å². The van der Waals surface area contributed by atoms with Crippen LogP contribution in [-0.4, -0.2) is 46.1 Å². The number of amides is 1. The Labute approximate surface area is 213 Å². The van der Waals surface area contributed by atoms with Gasteiger partial charge >= 0.3 is 0 Å². The summed E-state index contributed by atoms with van der Waals surface area (Å²) < 4.78 is 0. The number of hydrogen-bond acceptors (Lipinski definition) is 9. The number of nitriles is 1. The minimum Gasteiger partial charge on any atom is -0.372 e. The van der Waals surface area contributed by atoms with Gasteiger partial charge in [0, 0.05) is 23.7 Å². The number of anilines is 3. The van der Waals surface area contributed by atoms with Crippen LogP contribution in [0.25, 0.3) is 0 Å². The van der Waals surface area contributed by atoms with Gasteiger partial charge in [-0.25, -0.2) is 10.5 Å². The Kier molecular flexibility index (Phi) is 8.39. The van der Waals surface area contributed by atoms with E-state index in [4.69, 9.17) is 0 Å². The van der Waals surface area contributed by atoms with E-state index in [0.29, 0.717) is 21.7 Å². The number of thiophene rings is 1. The zero-order chi connectivity index (χ0) is 24.6. The van der Waals surface area contributed by atoms with Crippen molar-refractivity contribution in [1.82, 2.24) is 15.2 Å². The van der Waals surface area contributed by atoms with Gasteiger partial charge < -0.3 is 10.2 Å². The summed E-state index contributed by atoms with van der Waals surface area (Å²) in [5.74, 6) is 0.351. The molecule has 1 aliphatic carbocycles. The van der Waals surface area contributed by atoms with Crippen LogP contribution in [0.15, 0.2) is 34.5 Å². The number of aromatic nitrogens is 3. The van der Waals surface area contributed by atoms with Gasteiger partial charge in [-0.3, -0.25) is 4.79 Å². The molecule has 0 saturated carbocycles. The highest BCUT2D eigenvalue weighted by molar-refractivity contribution is 7.99. The van der Waals surface area contributed by atoms with E-state index >= 15 is 0 Å². The lowest BCUT2D eigenvalue weighted by atomic mass is 9.96. The lowest BCUT2D eigenvalue weighted by Crippen LogP contribution is -2.21. The summed E-state index contributed by atoms with van der Waals surface area (Å²) in [4.78, 5) is 20.3. The largest absolute Gasteiger partial charge is 0.372 e. The van der Waals surface area contributed by atoms with E-state index < -0.39 is 0 Å². The molecular weight excluding hydrogens is 480 g/mol. The van der Waals surface area contributed by atoms with Crippen molar-refractivity contribution >= 4 is 51.9 Å². The monoisotopic (exact) mass is 508 g/mol. The van der Waals surface area contributed by atoms with Crippen molar-refractivity contribution in [3.63, 3.8) is 0 Å². The van der Waals surface area contributed by atoms with E-state index in [2.05, 4.69) is 68.0 Å². The van der Waals surface area contributed by atoms with Gasteiger partial charge in [0.1, 0.15) is 11.1 Å². The number of aromatic amines is 1. The quantitative estimate of drug-likeness (QED) is 0.207. The minimum atomic E-state index is -0.185. The van der Waals surface area contributed by atoms with Crippen molar-refractivity contribution in [2.24, 2.45) is 5.10 Å². The molecule has 2 aromatic heterocycles. The number of aryl methyl sites for hydroxylation is 1. The van der Waals surface area contributed by atoms with Crippen LogP contribution in [0.5, 0.6) is 0 Å². The third-order valence-electron chi connectivity index (χ3n) is 5.74. The van der Waals surface area contributed by atoms with Gasteiger partial charge in [0.05, 0.1) is 17.5 Å². The molecule has 0 bridgehead atoms. The molecule has 0 spiro atoms. The fraction of sp³-hybridized carbons (Fsp3) is 0.375. The number of benzene rings is 1. The van der Waals surface area contributed by atoms with E-state index in [0.717, 1.165) is 49.9 Å². The number of nitrogens with zero attached hydrogens (tertiary/aromatic N) is 5. The topological polar surface area (TPSA) is 122 Å². The molecule has 35 heavy (non-hydrogen) atoms. The summed E-state index contributed by atoms with van der Waals surface area (Å²) in [6.45, 7) is 6.21. The van der Waals surface area contributed by atoms with Crippen LogP contribution in [0, 0.1) is 11.3 Å². The second kappa shape index (κ2) is 11.9. The van der Waals surface area contributed by atoms with Crippen molar-refractivity contribution in [2.45, 2.75) is 44.7 Å². The average molecular weight is 509 g/mol. The number of carbonyl (C=O) groups is 1. The van der Waals surface area contributed by atoms with Crippen LogP contribution >= 0.6 is 23.1 Å². The molecule has 3 aromatic rings. The van der Waals surface area contributed by atoms with E-state index in [1.54, 1.807) is 6.21 Å². The predicted octanol–water partition coefficient (Wildman–Crippen LogP) is 4.64. The summed E-state index contributed by atoms with van der Waals surface area (Å²) in [6.07, 6.45) is 5.83. The molecule has 4 rings (SSSR count). The van der Waals surface area contributed by atoms with Gasteiger partial charge in [-0.2, -0.15) is 15.3 Å². The first-order valence-corrected chi connectivity index (χ1v) is 13.4. The Hall–Kier alpha value is -3.36. The molecule has 1 aromatic carbocycles. The number of nitrogens with one attached hydrogen (secondary N) is 3. The zero-order valence-electron chi connectivity index (χ0n) is 19.8. The second-order valence-corrected chi connectivity index (χ2v) is 10.0. The Morgan fingerprint density at radius 1 is 1.29 bits per heavy atom. The summed E-state index contributed by atoms with van der Waals surface area (Å²) in [5.41, 5.74) is 6.70. The van der Waals surface area contributed by atoms with Crippen LogP contribution in [0.3, 0.4) is 0 Å². The van der Waals surface area contributed by atoms with Crippen LogP contribution < -0.4 is 15.6 Å². The first-order chi connectivity index (χ1) is 17.1. The molecule has 182 valence electrons. The Bertz CT molecular complexity index is 1220. The molecule has 9 nitrogen and oxygen atoms in total. The van der Waals surface area contributed by atoms with Gasteiger partial charge in [-0.15, -0.1) is 16.4 Å². The van der Waals surface area contributed by atoms with E-state index in [1.165, 1.54) is 33.7 Å². The fourth-order valence-electron chi connectivity index (χ4n) is 3.95. The molecule has 0 unspecified atom stereocenters. The van der Waals surface area contributed by atoms with Crippen molar-refractivity contribution in [3.8, 4) is 6.07 Å². The van der Waals surface area contributed by atoms with Crippen LogP contribution in [-0.2, 0) is 17.6 Å². The lowest BCUT2D eigenvalue weighted by Gasteiger charge is -2.20. The molecule has 0 atom stereocenters. The highest BCUT2D eigenvalue weighted by Gasteiger charge is 2.22. The molecule has 1 aliphatic rings. The molecule has 3 N–H and O–H groups in total. The van der Waals surface area contributed by atoms with Gasteiger partial charge in [0.25, 0.3) is 0 Å². The molecule has 0 aliphatic heterocycles. The number of hydrazone groups is 1. The maximum atomic E-state index is 12.5. The molecule has 0 fully saturated rings. The van der Waals surface area contributed by atoms with Gasteiger partial charge in [0.2, 0.25) is 17.0 Å². The standard InChI is InChI=1S/C24H28N8OS2/c1-3-32(4-2)17-11-9-16(10-12-17)14-26-29-23-28-24(31-30-23)34-15-21(33)27-22-19(13-25)18-7-5-6-8-20(18)35-22/h9-12,14H,3-8,15H2,1-2H3,(H,27,33)(H2,28,29,30,31)/b26-14-. The van der Waals surface area contributed by atoms with Gasteiger partial charge in [-0.1, -0.05) is 23.9 Å². The summed E-state index contributed by atoms with van der Waals surface area (Å²) in [7, 11) is 0. The van der Waals surface area contributed by atoms with Crippen molar-refractivity contribution < 1.29 is 4.79 Å². The Morgan fingerprint density at radius 3 is 2.80 bits per heavy atom. The van der Waals surface area contributed by atoms with Crippen LogP contribution in [0.2, 0.25) is 0 Å². The molecule has 11 heteroatoms. The highest BCUT2D eigenvalue weighted by atomic mass is 32.2. The zero-order valence-corrected chi connectivity index (χ0v) is 21.4. The number of fused-ring (bicyclic) bond motifs is 1. The predicted molar refractivity (Wildman–Crippen MR) is 143 cm³/mol. The van der Waals surface area contributed by atoms with E-state index in [-0.39, 0.29) is 11.7 Å². The number of carbonyl (C=O) groups excluding carboxylic acids is 1. The first kappa shape index (κ1) is 24.8. The normalized spacial score (nSPS) is 12.8. The van der Waals surface area contributed by atoms with Crippen LogP contribution in [0.1, 0.15) is 48.3 Å². The molecule has 0 saturated heterocycles. The molecule has 0 radical (unpaired) electrons. The summed E-state index contributed by atoms with van der Waals surface area (Å²) in [5, 5.41) is 24.6. The number of thioether (sulfide) groups is 1. The summed E-state index contributed by atoms with van der Waals surface area (Å²) in [6, 6.07) is 10.4. The summed E-state index contributed by atoms with van der Waals surface area (Å²) >= 11 is 2.74. The first-order valence-electron chi connectivity index (χ1n) is 11.6. The Balaban J connectivity index is 1.26. The third-order valence-corrected chi connectivity index (χ3v) is 7.79. The van der Waals surface area contributed by atoms with Crippen molar-refractivity contribution in [2.75, 3.05) is 34.5 Å². The molecule has 1 amide bonds. The Morgan fingerprint density at radius 2 is 2.06 bits per heavy atom. The molecule has 2 heterocycles. The number of hydrogen-bond donors (Lipinski definition) is 3. The van der Waals surface area contributed by atoms with E-state index in [1.807, 2.05) is 12.1 Å². The van der Waals surface area contributed by atoms with Gasteiger partial charge in [0.15, 0.2) is 0 Å². The van der Waals surface area contributed by atoms with Crippen molar-refractivity contribution in [3.05, 3.63) is 45.8 Å². The van der Waals surface area contributed by atoms with Crippen LogP contribution in [0.4, 0.5) is 16.6 Å². The number of H-pyrrole nitrogens is 1. The van der Waals surface area contributed by atoms with E-state index in [9.17, 15) is 10.1 Å². The maximum absolute atomic E-state index is 12.5. The number of rotatable bonds is 10. The third kappa shape index (κ3) is 6.21. The molecular formula is C24H28N8OS2. The lowest BCUT2D eigenvalue weighted by molar-refractivity contribution is -0.113. The highest BCUT2D eigenvalue weighted by Crippen LogP contribution is 2.37. The maximum Gasteiger partial charge on any atom is 0.240 e. The SMILES string of the molecule is CCN(CC)c1ccc(/C=N\Nc2nc(SCC(=O)Nc3sc4c(c3C#N)CCCC4)n[nH]2)cc1. The smallest absolute Gasteiger partial charge is 0.240 e.